The van der Waals surface area contributed by atoms with E-state index in [2.05, 4.69) is 32.8 Å². The van der Waals surface area contributed by atoms with Crippen LogP contribution in [-0.2, 0) is 6.54 Å². The SMILES string of the molecule is CCCNCc1cc(-n2ccnc2C)ccn1. The molecule has 2 aromatic rings. The zero-order valence-electron chi connectivity index (χ0n) is 10.3. The summed E-state index contributed by atoms with van der Waals surface area (Å²) in [4.78, 5) is 8.58. The monoisotopic (exact) mass is 230 g/mol. The van der Waals surface area contributed by atoms with Gasteiger partial charge in [-0.1, -0.05) is 6.92 Å². The molecule has 2 rings (SSSR count). The van der Waals surface area contributed by atoms with Gasteiger partial charge in [0.2, 0.25) is 0 Å². The van der Waals surface area contributed by atoms with Crippen LogP contribution >= 0.6 is 0 Å². The summed E-state index contributed by atoms with van der Waals surface area (Å²) >= 11 is 0. The minimum atomic E-state index is 0.815. The Balaban J connectivity index is 2.14. The maximum absolute atomic E-state index is 4.35. The highest BCUT2D eigenvalue weighted by Crippen LogP contribution is 2.10. The molecule has 0 amide bonds. The maximum atomic E-state index is 4.35. The Kier molecular flexibility index (Phi) is 3.88. The fourth-order valence-electron chi connectivity index (χ4n) is 1.76. The molecule has 0 saturated carbocycles. The number of nitrogens with one attached hydrogen (secondary N) is 1. The highest BCUT2D eigenvalue weighted by atomic mass is 15.1. The van der Waals surface area contributed by atoms with Gasteiger partial charge in [0.25, 0.3) is 0 Å². The first-order valence-electron chi connectivity index (χ1n) is 5.97. The van der Waals surface area contributed by atoms with Gasteiger partial charge in [-0.3, -0.25) is 4.98 Å². The summed E-state index contributed by atoms with van der Waals surface area (Å²) in [5.41, 5.74) is 2.17. The van der Waals surface area contributed by atoms with Crippen molar-refractivity contribution in [3.63, 3.8) is 0 Å². The lowest BCUT2D eigenvalue weighted by molar-refractivity contribution is 0.664. The van der Waals surface area contributed by atoms with Crippen LogP contribution in [0.3, 0.4) is 0 Å². The van der Waals surface area contributed by atoms with E-state index in [0.29, 0.717) is 0 Å². The van der Waals surface area contributed by atoms with Gasteiger partial charge < -0.3 is 9.88 Å². The van der Waals surface area contributed by atoms with E-state index < -0.39 is 0 Å². The van der Waals surface area contributed by atoms with E-state index in [1.165, 1.54) is 0 Å². The Morgan fingerprint density at radius 2 is 2.18 bits per heavy atom. The lowest BCUT2D eigenvalue weighted by Gasteiger charge is -2.07. The van der Waals surface area contributed by atoms with Crippen LogP contribution in [0.4, 0.5) is 0 Å². The van der Waals surface area contributed by atoms with Gasteiger partial charge >= 0.3 is 0 Å². The molecule has 0 aliphatic carbocycles. The smallest absolute Gasteiger partial charge is 0.110 e. The highest BCUT2D eigenvalue weighted by molar-refractivity contribution is 5.33. The minimum Gasteiger partial charge on any atom is -0.311 e. The van der Waals surface area contributed by atoms with Crippen molar-refractivity contribution in [3.05, 3.63) is 42.2 Å². The van der Waals surface area contributed by atoms with Gasteiger partial charge in [0.15, 0.2) is 0 Å². The molecular weight excluding hydrogens is 212 g/mol. The number of hydrogen-bond donors (Lipinski definition) is 1. The van der Waals surface area contributed by atoms with E-state index in [-0.39, 0.29) is 0 Å². The molecule has 17 heavy (non-hydrogen) atoms. The normalized spacial score (nSPS) is 10.7. The standard InChI is InChI=1S/C13H18N4/c1-3-5-14-10-12-9-13(4-6-16-12)17-8-7-15-11(17)2/h4,6-9,14H,3,5,10H2,1-2H3. The average Bonchev–Trinajstić information content (AvgIpc) is 2.76. The molecule has 0 radical (unpaired) electrons. The van der Waals surface area contributed by atoms with Gasteiger partial charge in [-0.2, -0.15) is 0 Å². The zero-order valence-corrected chi connectivity index (χ0v) is 10.3. The second kappa shape index (κ2) is 5.59. The minimum absolute atomic E-state index is 0.815. The number of nitrogens with zero attached hydrogens (tertiary/aromatic N) is 3. The van der Waals surface area contributed by atoms with Gasteiger partial charge in [0.1, 0.15) is 5.82 Å². The van der Waals surface area contributed by atoms with Crippen molar-refractivity contribution in [2.24, 2.45) is 0 Å². The Bertz CT molecular complexity index is 476. The van der Waals surface area contributed by atoms with Gasteiger partial charge in [0.05, 0.1) is 11.4 Å². The van der Waals surface area contributed by atoms with Gasteiger partial charge in [-0.05, 0) is 32.0 Å². The first-order chi connectivity index (χ1) is 8.31. The molecule has 4 heteroatoms. The predicted molar refractivity (Wildman–Crippen MR) is 68.1 cm³/mol. The number of pyridine rings is 1. The topological polar surface area (TPSA) is 42.7 Å². The summed E-state index contributed by atoms with van der Waals surface area (Å²) in [6.07, 6.45) is 6.76. The van der Waals surface area contributed by atoms with E-state index in [1.54, 1.807) is 0 Å². The molecule has 90 valence electrons. The Morgan fingerprint density at radius 1 is 1.29 bits per heavy atom. The summed E-state index contributed by atoms with van der Waals surface area (Å²) in [6.45, 7) is 5.99. The van der Waals surface area contributed by atoms with Crippen LogP contribution in [0.25, 0.3) is 5.69 Å². The molecule has 0 unspecified atom stereocenters. The molecule has 0 aliphatic rings. The Morgan fingerprint density at radius 3 is 2.88 bits per heavy atom. The first kappa shape index (κ1) is 11.8. The summed E-state index contributed by atoms with van der Waals surface area (Å²) in [6, 6.07) is 4.09. The second-order valence-corrected chi connectivity index (χ2v) is 4.03. The summed E-state index contributed by atoms with van der Waals surface area (Å²) in [5.74, 6) is 0.990. The number of rotatable bonds is 5. The average molecular weight is 230 g/mol. The van der Waals surface area contributed by atoms with Crippen LogP contribution in [-0.4, -0.2) is 21.1 Å². The fraction of sp³-hybridized carbons (Fsp3) is 0.385. The van der Waals surface area contributed by atoms with Crippen molar-refractivity contribution in [2.75, 3.05) is 6.54 Å². The van der Waals surface area contributed by atoms with E-state index in [4.69, 9.17) is 0 Å². The zero-order chi connectivity index (χ0) is 12.1. The van der Waals surface area contributed by atoms with Gasteiger partial charge in [-0.15, -0.1) is 0 Å². The third-order valence-electron chi connectivity index (χ3n) is 2.64. The number of aryl methyl sites for hydroxylation is 1. The second-order valence-electron chi connectivity index (χ2n) is 4.03. The number of hydrogen-bond acceptors (Lipinski definition) is 3. The van der Waals surface area contributed by atoms with E-state index in [0.717, 1.165) is 36.7 Å². The molecule has 1 N–H and O–H groups in total. The van der Waals surface area contributed by atoms with Crippen LogP contribution in [0.1, 0.15) is 24.9 Å². The van der Waals surface area contributed by atoms with Crippen LogP contribution in [0, 0.1) is 6.92 Å². The maximum Gasteiger partial charge on any atom is 0.110 e. The molecule has 0 aromatic carbocycles. The van der Waals surface area contributed by atoms with E-state index >= 15 is 0 Å². The molecule has 0 fully saturated rings. The largest absolute Gasteiger partial charge is 0.311 e. The summed E-state index contributed by atoms with van der Waals surface area (Å²) < 4.78 is 2.06. The molecule has 0 spiro atoms. The summed E-state index contributed by atoms with van der Waals surface area (Å²) in [5, 5.41) is 3.35. The molecule has 2 aromatic heterocycles. The third-order valence-corrected chi connectivity index (χ3v) is 2.64. The molecular formula is C13H18N4. The van der Waals surface area contributed by atoms with Crippen LogP contribution in [0.2, 0.25) is 0 Å². The third kappa shape index (κ3) is 2.91. The van der Waals surface area contributed by atoms with Crippen molar-refractivity contribution < 1.29 is 0 Å². The van der Waals surface area contributed by atoms with Crippen LogP contribution in [0.15, 0.2) is 30.7 Å². The molecule has 0 atom stereocenters. The lowest BCUT2D eigenvalue weighted by Crippen LogP contribution is -2.15. The number of imidazole rings is 1. The Hall–Kier alpha value is -1.68. The first-order valence-corrected chi connectivity index (χ1v) is 5.97. The van der Waals surface area contributed by atoms with E-state index in [9.17, 15) is 0 Å². The van der Waals surface area contributed by atoms with Crippen molar-refractivity contribution in [2.45, 2.75) is 26.8 Å². The van der Waals surface area contributed by atoms with Gasteiger partial charge in [0, 0.05) is 25.1 Å². The van der Waals surface area contributed by atoms with Crippen molar-refractivity contribution in [1.82, 2.24) is 19.9 Å². The summed E-state index contributed by atoms with van der Waals surface area (Å²) in [7, 11) is 0. The fourth-order valence-corrected chi connectivity index (χ4v) is 1.76. The highest BCUT2D eigenvalue weighted by Gasteiger charge is 2.01. The van der Waals surface area contributed by atoms with Crippen LogP contribution in [0.5, 0.6) is 0 Å². The van der Waals surface area contributed by atoms with Crippen molar-refractivity contribution in [1.29, 1.82) is 0 Å². The molecule has 4 nitrogen and oxygen atoms in total. The van der Waals surface area contributed by atoms with E-state index in [1.807, 2.05) is 31.6 Å². The lowest BCUT2D eigenvalue weighted by atomic mass is 10.3. The van der Waals surface area contributed by atoms with Crippen molar-refractivity contribution >= 4 is 0 Å². The molecule has 0 saturated heterocycles. The molecule has 2 heterocycles. The molecule has 0 bridgehead atoms. The van der Waals surface area contributed by atoms with Crippen LogP contribution < -0.4 is 5.32 Å². The molecule has 0 aliphatic heterocycles. The quantitative estimate of drug-likeness (QED) is 0.800. The van der Waals surface area contributed by atoms with Gasteiger partial charge in [-0.25, -0.2) is 4.98 Å². The number of aromatic nitrogens is 3. The predicted octanol–water partition coefficient (Wildman–Crippen LogP) is 2.08. The Labute approximate surface area is 102 Å². The van der Waals surface area contributed by atoms with Crippen molar-refractivity contribution in [3.8, 4) is 5.69 Å².